The molecule has 0 saturated heterocycles. The summed E-state index contributed by atoms with van der Waals surface area (Å²) in [5.41, 5.74) is -0.960. The summed E-state index contributed by atoms with van der Waals surface area (Å²) in [6.45, 7) is 0.269. The second-order valence-corrected chi connectivity index (χ2v) is 5.54. The van der Waals surface area contributed by atoms with Crippen LogP contribution < -0.4 is 5.32 Å². The first kappa shape index (κ1) is 15.2. The number of carbonyl (C=O) groups excluding carboxylic acids is 1. The number of hydrogen-bond donors (Lipinski definition) is 1. The molecule has 0 aromatic heterocycles. The SMILES string of the molecule is O=C(NCC1(CCl)CCCC1)c1c(F)cc(F)cc1F. The molecule has 0 bridgehead atoms. The van der Waals surface area contributed by atoms with E-state index in [4.69, 9.17) is 11.6 Å². The van der Waals surface area contributed by atoms with Crippen molar-refractivity contribution in [1.82, 2.24) is 5.32 Å². The maximum atomic E-state index is 13.5. The van der Waals surface area contributed by atoms with E-state index in [0.29, 0.717) is 18.0 Å². The Hall–Kier alpha value is -1.23. The molecule has 0 spiro atoms. The Labute approximate surface area is 120 Å². The smallest absolute Gasteiger partial charge is 0.257 e. The van der Waals surface area contributed by atoms with Crippen LogP contribution in [0.15, 0.2) is 12.1 Å². The molecule has 110 valence electrons. The highest BCUT2D eigenvalue weighted by molar-refractivity contribution is 6.18. The highest BCUT2D eigenvalue weighted by atomic mass is 35.5. The van der Waals surface area contributed by atoms with Gasteiger partial charge in [0.05, 0.1) is 0 Å². The van der Waals surface area contributed by atoms with Crippen molar-refractivity contribution in [3.05, 3.63) is 35.1 Å². The molecule has 1 aromatic rings. The molecule has 1 aromatic carbocycles. The molecule has 1 amide bonds. The quantitative estimate of drug-likeness (QED) is 0.846. The Kier molecular flexibility index (Phi) is 4.58. The second kappa shape index (κ2) is 6.04. The summed E-state index contributed by atoms with van der Waals surface area (Å²) in [5, 5.41) is 2.51. The van der Waals surface area contributed by atoms with E-state index in [1.807, 2.05) is 0 Å². The van der Waals surface area contributed by atoms with Gasteiger partial charge in [-0.1, -0.05) is 12.8 Å². The Morgan fingerprint density at radius 3 is 2.25 bits per heavy atom. The third kappa shape index (κ3) is 3.08. The third-order valence-corrected chi connectivity index (χ3v) is 4.37. The molecule has 2 nitrogen and oxygen atoms in total. The number of carbonyl (C=O) groups is 1. The lowest BCUT2D eigenvalue weighted by molar-refractivity contribution is 0.0926. The minimum Gasteiger partial charge on any atom is -0.351 e. The predicted octanol–water partition coefficient (Wildman–Crippen LogP) is 3.63. The van der Waals surface area contributed by atoms with Gasteiger partial charge in [0.2, 0.25) is 0 Å². The van der Waals surface area contributed by atoms with Crippen molar-refractivity contribution in [1.29, 1.82) is 0 Å². The first-order valence-electron chi connectivity index (χ1n) is 6.46. The summed E-state index contributed by atoms with van der Waals surface area (Å²) in [5.74, 6) is -3.94. The monoisotopic (exact) mass is 305 g/mol. The summed E-state index contributed by atoms with van der Waals surface area (Å²) < 4.78 is 39.7. The Balaban J connectivity index is 2.09. The van der Waals surface area contributed by atoms with Crippen LogP contribution in [-0.4, -0.2) is 18.3 Å². The largest absolute Gasteiger partial charge is 0.351 e. The lowest BCUT2D eigenvalue weighted by atomic mass is 9.88. The lowest BCUT2D eigenvalue weighted by Crippen LogP contribution is -2.37. The summed E-state index contributed by atoms with van der Waals surface area (Å²) in [6.07, 6.45) is 3.82. The van der Waals surface area contributed by atoms with Crippen molar-refractivity contribution in [2.75, 3.05) is 12.4 Å². The third-order valence-electron chi connectivity index (χ3n) is 3.81. The number of amides is 1. The van der Waals surface area contributed by atoms with Crippen molar-refractivity contribution in [3.8, 4) is 0 Å². The van der Waals surface area contributed by atoms with Crippen molar-refractivity contribution < 1.29 is 18.0 Å². The number of rotatable bonds is 4. The average Bonchev–Trinajstić information content (AvgIpc) is 2.84. The molecule has 1 aliphatic carbocycles. The van der Waals surface area contributed by atoms with E-state index in [2.05, 4.69) is 5.32 Å². The van der Waals surface area contributed by atoms with Crippen LogP contribution in [0, 0.1) is 22.9 Å². The number of hydrogen-bond acceptors (Lipinski definition) is 1. The van der Waals surface area contributed by atoms with E-state index >= 15 is 0 Å². The van der Waals surface area contributed by atoms with Crippen LogP contribution >= 0.6 is 11.6 Å². The van der Waals surface area contributed by atoms with Gasteiger partial charge in [0.15, 0.2) is 0 Å². The van der Waals surface area contributed by atoms with Gasteiger partial charge < -0.3 is 5.32 Å². The molecular weight excluding hydrogens is 291 g/mol. The standard InChI is InChI=1S/C14H15ClF3NO/c15-7-14(3-1-2-4-14)8-19-13(20)12-10(17)5-9(16)6-11(12)18/h5-6H,1-4,7-8H2,(H,19,20). The molecule has 0 radical (unpaired) electrons. The molecule has 20 heavy (non-hydrogen) atoms. The van der Waals surface area contributed by atoms with Crippen molar-refractivity contribution in [2.45, 2.75) is 25.7 Å². The average molecular weight is 306 g/mol. The lowest BCUT2D eigenvalue weighted by Gasteiger charge is -2.26. The van der Waals surface area contributed by atoms with Gasteiger partial charge in [-0.2, -0.15) is 0 Å². The molecule has 1 aliphatic rings. The van der Waals surface area contributed by atoms with Crippen LogP contribution in [-0.2, 0) is 0 Å². The van der Waals surface area contributed by atoms with Gasteiger partial charge in [-0.25, -0.2) is 13.2 Å². The number of benzene rings is 1. The van der Waals surface area contributed by atoms with E-state index in [-0.39, 0.29) is 12.0 Å². The predicted molar refractivity (Wildman–Crippen MR) is 70.3 cm³/mol. The van der Waals surface area contributed by atoms with Gasteiger partial charge in [-0.15, -0.1) is 11.6 Å². The van der Waals surface area contributed by atoms with Crippen LogP contribution in [0.5, 0.6) is 0 Å². The summed E-state index contributed by atoms with van der Waals surface area (Å²) in [6, 6.07) is 0.982. The molecule has 1 fully saturated rings. The molecule has 0 aliphatic heterocycles. The maximum Gasteiger partial charge on any atom is 0.257 e. The zero-order valence-corrected chi connectivity index (χ0v) is 11.6. The molecule has 0 atom stereocenters. The normalized spacial score (nSPS) is 17.2. The van der Waals surface area contributed by atoms with E-state index in [1.54, 1.807) is 0 Å². The molecule has 0 heterocycles. The first-order chi connectivity index (χ1) is 9.47. The minimum atomic E-state index is -1.20. The molecule has 1 N–H and O–H groups in total. The van der Waals surface area contributed by atoms with E-state index in [0.717, 1.165) is 25.7 Å². The van der Waals surface area contributed by atoms with E-state index < -0.39 is 28.9 Å². The van der Waals surface area contributed by atoms with Gasteiger partial charge in [-0.3, -0.25) is 4.79 Å². The Morgan fingerprint density at radius 1 is 1.20 bits per heavy atom. The van der Waals surface area contributed by atoms with Gasteiger partial charge >= 0.3 is 0 Å². The summed E-state index contributed by atoms with van der Waals surface area (Å²) >= 11 is 5.93. The Morgan fingerprint density at radius 2 is 1.75 bits per heavy atom. The number of halogens is 4. The zero-order valence-electron chi connectivity index (χ0n) is 10.8. The van der Waals surface area contributed by atoms with Crippen molar-refractivity contribution in [3.63, 3.8) is 0 Å². The van der Waals surface area contributed by atoms with Gasteiger partial charge in [0, 0.05) is 30.0 Å². The fourth-order valence-corrected chi connectivity index (χ4v) is 2.96. The molecule has 6 heteroatoms. The van der Waals surface area contributed by atoms with Crippen LogP contribution in [0.1, 0.15) is 36.0 Å². The summed E-state index contributed by atoms with van der Waals surface area (Å²) in [7, 11) is 0. The highest BCUT2D eigenvalue weighted by Gasteiger charge is 2.33. The van der Waals surface area contributed by atoms with Gasteiger partial charge in [0.25, 0.3) is 5.91 Å². The zero-order chi connectivity index (χ0) is 14.8. The Bertz CT molecular complexity index is 492. The summed E-state index contributed by atoms with van der Waals surface area (Å²) in [4.78, 5) is 11.9. The van der Waals surface area contributed by atoms with Crippen LogP contribution in [0.4, 0.5) is 13.2 Å². The minimum absolute atomic E-state index is 0.204. The second-order valence-electron chi connectivity index (χ2n) is 5.27. The van der Waals surface area contributed by atoms with E-state index in [1.165, 1.54) is 0 Å². The molecule has 0 unspecified atom stereocenters. The topological polar surface area (TPSA) is 29.1 Å². The molecule has 2 rings (SSSR count). The van der Waals surface area contributed by atoms with Crippen molar-refractivity contribution in [2.24, 2.45) is 5.41 Å². The van der Waals surface area contributed by atoms with Gasteiger partial charge in [0.1, 0.15) is 23.0 Å². The maximum absolute atomic E-state index is 13.5. The highest BCUT2D eigenvalue weighted by Crippen LogP contribution is 2.38. The fraction of sp³-hybridized carbons (Fsp3) is 0.500. The number of nitrogens with one attached hydrogen (secondary N) is 1. The van der Waals surface area contributed by atoms with E-state index in [9.17, 15) is 18.0 Å². The molecular formula is C14H15ClF3NO. The first-order valence-corrected chi connectivity index (χ1v) is 7.00. The molecule has 1 saturated carbocycles. The van der Waals surface area contributed by atoms with Crippen LogP contribution in [0.25, 0.3) is 0 Å². The van der Waals surface area contributed by atoms with Gasteiger partial charge in [-0.05, 0) is 12.8 Å². The van der Waals surface area contributed by atoms with Crippen molar-refractivity contribution >= 4 is 17.5 Å². The fourth-order valence-electron chi connectivity index (χ4n) is 2.60. The number of alkyl halides is 1. The van der Waals surface area contributed by atoms with Crippen LogP contribution in [0.2, 0.25) is 0 Å². The van der Waals surface area contributed by atoms with Crippen LogP contribution in [0.3, 0.4) is 0 Å².